The van der Waals surface area contributed by atoms with E-state index in [9.17, 15) is 14.7 Å². The summed E-state index contributed by atoms with van der Waals surface area (Å²) < 4.78 is 4.57. The predicted octanol–water partition coefficient (Wildman–Crippen LogP) is 0.677. The zero-order chi connectivity index (χ0) is 14.5. The maximum absolute atomic E-state index is 12.5. The molecule has 6 heteroatoms. The summed E-state index contributed by atoms with van der Waals surface area (Å²) in [5.41, 5.74) is 0.685. The van der Waals surface area contributed by atoms with E-state index in [1.807, 2.05) is 6.07 Å². The first-order valence-electron chi connectivity index (χ1n) is 6.48. The van der Waals surface area contributed by atoms with Crippen LogP contribution < -0.4 is 5.32 Å². The van der Waals surface area contributed by atoms with Crippen molar-refractivity contribution < 1.29 is 19.4 Å². The van der Waals surface area contributed by atoms with Crippen LogP contribution in [0.2, 0.25) is 0 Å². The van der Waals surface area contributed by atoms with Crippen LogP contribution in [0, 0.1) is 0 Å². The molecule has 1 saturated heterocycles. The third kappa shape index (κ3) is 3.27. The molecule has 0 saturated carbocycles. The first kappa shape index (κ1) is 14.3. The van der Waals surface area contributed by atoms with Crippen molar-refractivity contribution >= 4 is 12.0 Å². The van der Waals surface area contributed by atoms with Crippen molar-refractivity contribution in [1.29, 1.82) is 0 Å². The number of benzene rings is 1. The number of β-amino-alcohol motifs (C(OH)–C–C–N with tert-alkyl or cyclic N) is 1. The van der Waals surface area contributed by atoms with Gasteiger partial charge in [0.2, 0.25) is 5.91 Å². The fourth-order valence-electron chi connectivity index (χ4n) is 2.23. The lowest BCUT2D eigenvalue weighted by molar-refractivity contribution is -0.132. The molecular weight excluding hydrogens is 260 g/mol. The van der Waals surface area contributed by atoms with E-state index in [1.165, 1.54) is 7.11 Å². The van der Waals surface area contributed by atoms with Gasteiger partial charge >= 0.3 is 6.09 Å². The molecule has 0 aromatic heterocycles. The Morgan fingerprint density at radius 3 is 2.65 bits per heavy atom. The minimum absolute atomic E-state index is 0.238. The summed E-state index contributed by atoms with van der Waals surface area (Å²) in [4.78, 5) is 25.5. The first-order chi connectivity index (χ1) is 9.61. The molecule has 6 nitrogen and oxygen atoms in total. The van der Waals surface area contributed by atoms with Crippen molar-refractivity contribution in [1.82, 2.24) is 10.2 Å². The Bertz CT molecular complexity index is 477. The Labute approximate surface area is 117 Å². The highest BCUT2D eigenvalue weighted by Gasteiger charge is 2.32. The van der Waals surface area contributed by atoms with E-state index in [1.54, 1.807) is 29.2 Å². The fourth-order valence-corrected chi connectivity index (χ4v) is 2.23. The molecule has 0 bridgehead atoms. The van der Waals surface area contributed by atoms with Crippen LogP contribution in [-0.2, 0) is 9.53 Å². The number of carbonyl (C=O) groups excluding carboxylic acids is 2. The minimum Gasteiger partial charge on any atom is -0.453 e. The van der Waals surface area contributed by atoms with E-state index in [0.29, 0.717) is 25.1 Å². The Kier molecular flexibility index (Phi) is 4.57. The van der Waals surface area contributed by atoms with Crippen LogP contribution in [0.15, 0.2) is 30.3 Å². The van der Waals surface area contributed by atoms with Gasteiger partial charge in [-0.1, -0.05) is 30.3 Å². The van der Waals surface area contributed by atoms with Crippen LogP contribution in [0.25, 0.3) is 0 Å². The number of nitrogens with one attached hydrogen (secondary N) is 1. The molecule has 1 aliphatic heterocycles. The topological polar surface area (TPSA) is 78.9 Å². The van der Waals surface area contributed by atoms with Crippen LogP contribution >= 0.6 is 0 Å². The van der Waals surface area contributed by atoms with Crippen LogP contribution in [0.5, 0.6) is 0 Å². The van der Waals surface area contributed by atoms with E-state index in [2.05, 4.69) is 10.1 Å². The maximum Gasteiger partial charge on any atom is 0.407 e. The van der Waals surface area contributed by atoms with Gasteiger partial charge in [0, 0.05) is 13.1 Å². The van der Waals surface area contributed by atoms with Crippen molar-refractivity contribution in [2.45, 2.75) is 18.6 Å². The lowest BCUT2D eigenvalue weighted by Gasteiger charge is -2.24. The van der Waals surface area contributed by atoms with Gasteiger partial charge in [-0.25, -0.2) is 4.79 Å². The van der Waals surface area contributed by atoms with E-state index in [4.69, 9.17) is 0 Å². The number of likely N-dealkylation sites (tertiary alicyclic amines) is 1. The summed E-state index contributed by atoms with van der Waals surface area (Å²) in [6.45, 7) is 0.789. The van der Waals surface area contributed by atoms with Crippen molar-refractivity contribution in [2.24, 2.45) is 0 Å². The monoisotopic (exact) mass is 278 g/mol. The number of nitrogens with zero attached hydrogens (tertiary/aromatic N) is 1. The normalized spacial score (nSPS) is 19.5. The van der Waals surface area contributed by atoms with Gasteiger partial charge in [-0.05, 0) is 12.0 Å². The number of aliphatic hydroxyl groups is 1. The van der Waals surface area contributed by atoms with Crippen molar-refractivity contribution in [3.63, 3.8) is 0 Å². The largest absolute Gasteiger partial charge is 0.453 e. The lowest BCUT2D eigenvalue weighted by atomic mass is 10.1. The standard InChI is InChI=1S/C14H18N2O4/c1-20-14(19)15-12(10-5-3-2-4-6-10)13(18)16-8-7-11(17)9-16/h2-6,11-12,17H,7-9H2,1H3,(H,15,19)/t11-,12+/m1/s1. The third-order valence-corrected chi connectivity index (χ3v) is 3.30. The molecule has 0 unspecified atom stereocenters. The number of methoxy groups -OCH3 is 1. The number of rotatable bonds is 3. The van der Waals surface area contributed by atoms with E-state index in [0.717, 1.165) is 0 Å². The van der Waals surface area contributed by atoms with Gasteiger partial charge in [0.1, 0.15) is 6.04 Å². The number of alkyl carbamates (subject to hydrolysis) is 1. The number of amides is 2. The second-order valence-corrected chi connectivity index (χ2v) is 4.71. The zero-order valence-corrected chi connectivity index (χ0v) is 11.3. The lowest BCUT2D eigenvalue weighted by Crippen LogP contribution is -2.42. The summed E-state index contributed by atoms with van der Waals surface area (Å²) in [7, 11) is 1.25. The molecule has 108 valence electrons. The number of hydrogen-bond acceptors (Lipinski definition) is 4. The zero-order valence-electron chi connectivity index (χ0n) is 11.3. The highest BCUT2D eigenvalue weighted by atomic mass is 16.5. The molecule has 0 spiro atoms. The van der Waals surface area contributed by atoms with Gasteiger partial charge in [-0.3, -0.25) is 4.79 Å². The molecular formula is C14H18N2O4. The molecule has 1 fully saturated rings. The molecule has 2 N–H and O–H groups in total. The molecule has 2 rings (SSSR count). The minimum atomic E-state index is -0.797. The molecule has 2 amide bonds. The van der Waals surface area contributed by atoms with Gasteiger partial charge < -0.3 is 20.1 Å². The highest BCUT2D eigenvalue weighted by Crippen LogP contribution is 2.19. The number of ether oxygens (including phenoxy) is 1. The SMILES string of the molecule is COC(=O)N[C@H](C(=O)N1CC[C@@H](O)C1)c1ccccc1. The molecule has 2 atom stereocenters. The van der Waals surface area contributed by atoms with Crippen molar-refractivity contribution in [3.05, 3.63) is 35.9 Å². The summed E-state index contributed by atoms with van der Waals surface area (Å²) in [6, 6.07) is 8.17. The molecule has 1 aromatic carbocycles. The number of hydrogen-bond donors (Lipinski definition) is 2. The van der Waals surface area contributed by atoms with Gasteiger partial charge in [0.05, 0.1) is 13.2 Å². The third-order valence-electron chi connectivity index (χ3n) is 3.30. The summed E-state index contributed by atoms with van der Waals surface area (Å²) in [5, 5.41) is 12.1. The molecule has 1 aliphatic rings. The molecule has 0 aliphatic carbocycles. The Morgan fingerprint density at radius 2 is 2.10 bits per heavy atom. The van der Waals surface area contributed by atoms with Crippen molar-refractivity contribution in [2.75, 3.05) is 20.2 Å². The Balaban J connectivity index is 2.18. The quantitative estimate of drug-likeness (QED) is 0.852. The summed E-state index contributed by atoms with van der Waals surface area (Å²) in [6.07, 6.45) is -0.591. The number of aliphatic hydroxyl groups excluding tert-OH is 1. The number of carbonyl (C=O) groups is 2. The smallest absolute Gasteiger partial charge is 0.407 e. The second kappa shape index (κ2) is 6.38. The molecule has 0 radical (unpaired) electrons. The van der Waals surface area contributed by atoms with Crippen molar-refractivity contribution in [3.8, 4) is 0 Å². The average Bonchev–Trinajstić information content (AvgIpc) is 2.91. The highest BCUT2D eigenvalue weighted by molar-refractivity contribution is 5.87. The van der Waals surface area contributed by atoms with E-state index < -0.39 is 18.2 Å². The second-order valence-electron chi connectivity index (χ2n) is 4.71. The molecule has 20 heavy (non-hydrogen) atoms. The van der Waals surface area contributed by atoms with Crippen LogP contribution in [0.4, 0.5) is 4.79 Å². The van der Waals surface area contributed by atoms with Gasteiger partial charge in [0.25, 0.3) is 0 Å². The fraction of sp³-hybridized carbons (Fsp3) is 0.429. The Hall–Kier alpha value is -2.08. The molecule has 1 heterocycles. The summed E-state index contributed by atoms with van der Waals surface area (Å²) >= 11 is 0. The predicted molar refractivity (Wildman–Crippen MR) is 71.9 cm³/mol. The first-order valence-corrected chi connectivity index (χ1v) is 6.48. The van der Waals surface area contributed by atoms with Crippen LogP contribution in [0.1, 0.15) is 18.0 Å². The van der Waals surface area contributed by atoms with E-state index >= 15 is 0 Å². The summed E-state index contributed by atoms with van der Waals surface area (Å²) in [5.74, 6) is -0.238. The maximum atomic E-state index is 12.5. The van der Waals surface area contributed by atoms with Gasteiger partial charge in [0.15, 0.2) is 0 Å². The average molecular weight is 278 g/mol. The van der Waals surface area contributed by atoms with Crippen LogP contribution in [-0.4, -0.2) is 48.3 Å². The van der Waals surface area contributed by atoms with Gasteiger partial charge in [-0.2, -0.15) is 0 Å². The molecule has 1 aromatic rings. The van der Waals surface area contributed by atoms with E-state index in [-0.39, 0.29) is 5.91 Å². The van der Waals surface area contributed by atoms with Gasteiger partial charge in [-0.15, -0.1) is 0 Å². The Morgan fingerprint density at radius 1 is 1.40 bits per heavy atom. The van der Waals surface area contributed by atoms with Crippen LogP contribution in [0.3, 0.4) is 0 Å².